The monoisotopic (exact) mass is 472 g/mol. The van der Waals surface area contributed by atoms with Crippen LogP contribution in [0.1, 0.15) is 32.6 Å². The van der Waals surface area contributed by atoms with Gasteiger partial charge in [0, 0.05) is 0 Å². The Morgan fingerprint density at radius 3 is 1.19 bits per heavy atom. The van der Waals surface area contributed by atoms with E-state index in [9.17, 15) is 0 Å². The van der Waals surface area contributed by atoms with Crippen molar-refractivity contribution in [1.82, 2.24) is 0 Å². The van der Waals surface area contributed by atoms with Crippen molar-refractivity contribution >= 4 is 0 Å². The van der Waals surface area contributed by atoms with Crippen LogP contribution < -0.4 is 0 Å². The van der Waals surface area contributed by atoms with Crippen LogP contribution in [-0.2, 0) is 0 Å². The molecule has 0 aromatic rings. The van der Waals surface area contributed by atoms with Crippen molar-refractivity contribution in [2.75, 3.05) is 0 Å². The van der Waals surface area contributed by atoms with Crippen LogP contribution in [0.5, 0.6) is 0 Å². The van der Waals surface area contributed by atoms with E-state index < -0.39 is 0 Å². The van der Waals surface area contributed by atoms with Gasteiger partial charge in [0.2, 0.25) is 0 Å². The van der Waals surface area contributed by atoms with E-state index in [1.807, 2.05) is 0 Å². The Kier molecular flexibility index (Phi) is 0.755. The lowest BCUT2D eigenvalue weighted by Gasteiger charge is -3.54. The molecule has 24 saturated carbocycles. The highest BCUT2D eigenvalue weighted by atomic mass is 15.6. The quantitative estimate of drug-likeness (QED) is 0.497. The predicted octanol–water partition coefficient (Wildman–Crippen LogP) is 4.16. The maximum absolute atomic E-state index is 3.13. The smallest absolute Gasteiger partial charge is 0.00244 e. The molecule has 0 aromatic heterocycles. The summed E-state index contributed by atoms with van der Waals surface area (Å²) in [7, 11) is 0. The van der Waals surface area contributed by atoms with Gasteiger partial charge in [-0.1, -0.05) is 6.92 Å². The fraction of sp³-hybridized carbons (Fsp3) is 1.00. The number of hydrogen-bond acceptors (Lipinski definition) is 0. The summed E-state index contributed by atoms with van der Waals surface area (Å²) in [4.78, 5) is 0. The average Bonchev–Trinajstić information content (AvgIpc) is 2.75. The first-order valence-corrected chi connectivity index (χ1v) is 18.3. The Balaban J connectivity index is 0.968. The van der Waals surface area contributed by atoms with Gasteiger partial charge in [-0.25, -0.2) is 0 Å². The summed E-state index contributed by atoms with van der Waals surface area (Å²) < 4.78 is 0. The van der Waals surface area contributed by atoms with Crippen LogP contribution in [0, 0.1) is 182 Å². The summed E-state index contributed by atoms with van der Waals surface area (Å²) in [6, 6.07) is 0. The molecule has 37 heavy (non-hydrogen) atoms. The van der Waals surface area contributed by atoms with Gasteiger partial charge in [-0.3, -0.25) is 0 Å². The second-order valence-electron chi connectivity index (χ2n) is 23.2. The third-order valence-corrected chi connectivity index (χ3v) is 30.2. The third-order valence-electron chi connectivity index (χ3n) is 30.2. The number of fused-ring (bicyclic) bond motifs is 14. The SMILES string of the molecule is CC12C3C4C5CC6C7CC8C9C%10C%11C%12C%13C%14CC%15C%16CC%17C%18C1C1%19C%18%20C%16%17C%15%14C%13%20C%121C%111C%10%11C9%10C78C65C4%10C3%11C2%191. The van der Waals surface area contributed by atoms with Gasteiger partial charge < -0.3 is 0 Å². The zero-order valence-electron chi connectivity index (χ0n) is 21.1. The molecule has 0 nitrogen and oxygen atoms in total. The normalized spacial score (nSPS) is 130. The van der Waals surface area contributed by atoms with E-state index in [4.69, 9.17) is 0 Å². The van der Waals surface area contributed by atoms with Gasteiger partial charge in [0.1, 0.15) is 0 Å². The molecule has 0 amide bonds. The van der Waals surface area contributed by atoms with Crippen molar-refractivity contribution in [3.63, 3.8) is 0 Å². The van der Waals surface area contributed by atoms with Gasteiger partial charge >= 0.3 is 0 Å². The molecule has 0 bridgehead atoms. The van der Waals surface area contributed by atoms with Crippen LogP contribution in [0.2, 0.25) is 0 Å². The lowest BCUT2D eigenvalue weighted by atomic mass is 8.48. The maximum atomic E-state index is 3.13. The fourth-order valence-electron chi connectivity index (χ4n) is 37.1. The highest BCUT2D eigenvalue weighted by molar-refractivity contribution is 5.99. The Morgan fingerprint density at radius 2 is 0.730 bits per heavy atom. The molecule has 14 spiro atoms. The molecule has 0 radical (unpaired) electrons. The first kappa shape index (κ1) is 13.3. The first-order chi connectivity index (χ1) is 18.3. The molecule has 24 fully saturated rings. The van der Waals surface area contributed by atoms with E-state index in [0.717, 1.165) is 81.2 Å². The molecule has 0 heterocycles. The molecule has 176 valence electrons. The molecule has 24 aliphatic carbocycles. The second kappa shape index (κ2) is 2.10. The van der Waals surface area contributed by atoms with Crippen molar-refractivity contribution in [1.29, 1.82) is 0 Å². The Bertz CT molecular complexity index is 1940. The molecular weight excluding hydrogens is 444 g/mol. The van der Waals surface area contributed by atoms with E-state index in [1.54, 1.807) is 25.7 Å². The Labute approximate surface area is 214 Å². The van der Waals surface area contributed by atoms with Crippen LogP contribution in [-0.4, -0.2) is 0 Å². The highest BCUT2D eigenvalue weighted by Gasteiger charge is 3.54. The van der Waals surface area contributed by atoms with E-state index >= 15 is 0 Å². The summed E-state index contributed by atoms with van der Waals surface area (Å²) in [5, 5.41) is 0. The molecule has 0 heteroatoms. The lowest BCUT2D eigenvalue weighted by Crippen LogP contribution is -3.52. The summed E-state index contributed by atoms with van der Waals surface area (Å²) in [6.07, 6.45) is 7.14. The van der Waals surface area contributed by atoms with Crippen molar-refractivity contribution in [3.05, 3.63) is 0 Å². The fourth-order valence-corrected chi connectivity index (χ4v) is 37.1. The maximum Gasteiger partial charge on any atom is -0.00244 e. The second-order valence-corrected chi connectivity index (χ2v) is 23.2. The van der Waals surface area contributed by atoms with Crippen LogP contribution >= 0.6 is 0 Å². The molecule has 0 N–H and O–H groups in total. The van der Waals surface area contributed by atoms with Crippen LogP contribution in [0.3, 0.4) is 0 Å². The number of hydrogen-bond donors (Lipinski definition) is 0. The third kappa shape index (κ3) is 0.325. The topological polar surface area (TPSA) is 0 Å². The molecule has 24 rings (SSSR count). The van der Waals surface area contributed by atoms with Crippen LogP contribution in [0.25, 0.3) is 0 Å². The Morgan fingerprint density at radius 1 is 0.351 bits per heavy atom. The van der Waals surface area contributed by atoms with Gasteiger partial charge in [-0.2, -0.15) is 0 Å². The van der Waals surface area contributed by atoms with E-state index in [-0.39, 0.29) is 0 Å². The predicted molar refractivity (Wildman–Crippen MR) is 120 cm³/mol. The Hall–Kier alpha value is 0. The highest BCUT2D eigenvalue weighted by Crippen LogP contribution is 3.56. The van der Waals surface area contributed by atoms with E-state index in [2.05, 4.69) is 6.92 Å². The minimum atomic E-state index is 0.936. The zero-order chi connectivity index (χ0) is 21.1. The summed E-state index contributed by atoms with van der Waals surface area (Å²) >= 11 is 0. The molecule has 0 aromatic carbocycles. The lowest BCUT2D eigenvalue weighted by molar-refractivity contribution is -1.09. The van der Waals surface area contributed by atoms with Crippen molar-refractivity contribution in [2.24, 2.45) is 182 Å². The first-order valence-electron chi connectivity index (χ1n) is 18.3. The van der Waals surface area contributed by atoms with Crippen molar-refractivity contribution < 1.29 is 0 Å². The molecular formula is C37H28. The van der Waals surface area contributed by atoms with E-state index in [1.165, 1.54) is 101 Å². The largest absolute Gasteiger partial charge is 0.0584 e. The van der Waals surface area contributed by atoms with Crippen LogP contribution in [0.15, 0.2) is 0 Å². The van der Waals surface area contributed by atoms with Gasteiger partial charge in [-0.15, -0.1) is 0 Å². The number of rotatable bonds is 0. The summed E-state index contributed by atoms with van der Waals surface area (Å²) in [5.74, 6) is 22.9. The van der Waals surface area contributed by atoms with Gasteiger partial charge in [0.05, 0.1) is 0 Å². The molecule has 24 aliphatic rings. The summed E-state index contributed by atoms with van der Waals surface area (Å²) in [5.41, 5.74) is 16.2. The van der Waals surface area contributed by atoms with Crippen molar-refractivity contribution in [2.45, 2.75) is 32.6 Å². The standard InChI is InChI=1S/C37H28/c1-23-21-16-12-4-8-6-2-10-14-18-20-19-15-11-3-7-9-5-13-17-22(23)36-31(17)27(9,13)25(7,11)29(15,31)33(19,36)34(20)32(18)28(14)24(6,10)26(8,12)30(16,28)35(21,32)37(23,34)36/h6-22H,2-5H2,1H3. The van der Waals surface area contributed by atoms with Crippen molar-refractivity contribution in [3.8, 4) is 0 Å². The zero-order valence-corrected chi connectivity index (χ0v) is 21.1. The van der Waals surface area contributed by atoms with Gasteiger partial charge in [-0.05, 0) is 208 Å². The molecule has 0 saturated heterocycles. The van der Waals surface area contributed by atoms with Gasteiger partial charge in [0.25, 0.3) is 0 Å². The van der Waals surface area contributed by atoms with Gasteiger partial charge in [0.15, 0.2) is 0 Å². The van der Waals surface area contributed by atoms with Crippen LogP contribution in [0.4, 0.5) is 0 Å². The molecule has 0 aliphatic heterocycles. The van der Waals surface area contributed by atoms with E-state index in [0.29, 0.717) is 0 Å². The molecule has 28 unspecified atom stereocenters. The average molecular weight is 473 g/mol. The summed E-state index contributed by atoms with van der Waals surface area (Å²) in [6.45, 7) is 3.13. The minimum absolute atomic E-state index is 0.936. The minimum Gasteiger partial charge on any atom is -0.0584 e. The molecule has 28 atom stereocenters.